The first kappa shape index (κ1) is 33.2. The molecule has 1 aromatic heterocycles. The van der Waals surface area contributed by atoms with Gasteiger partial charge in [0, 0.05) is 66.5 Å². The van der Waals surface area contributed by atoms with Crippen LogP contribution in [0.15, 0.2) is 65.7 Å². The standard InChI is InChI=1S/C30H32N4O5.C4H4O4/c1-34-13-11-29-15-22(35)8-10-30(29,39)24(34)14-20-6-7-23(26(36)25(20)29)27(37)31-12-9-18-2-4-19(5-3-18)21-16-32-28(38)33-17-21;5-3(6)1-2-4(7)8/h2-7,16-17,24,36,39H,8-15H2,1H3,(H,31,37)(H,32,33,38);1-2H,(H,5,6)(H,7,8)/b;2-1-/t24?,29-,30?;/m1./s1. The number of phenols is 1. The molecule has 1 saturated heterocycles. The number of aromatic hydroxyl groups is 1. The van der Waals surface area contributed by atoms with E-state index < -0.39 is 28.6 Å². The summed E-state index contributed by atoms with van der Waals surface area (Å²) in [6.45, 7) is 1.09. The lowest BCUT2D eigenvalue weighted by Crippen LogP contribution is -2.72. The van der Waals surface area contributed by atoms with Crippen LogP contribution in [0.25, 0.3) is 11.1 Å². The first-order chi connectivity index (χ1) is 22.3. The number of hydrogen-bond donors (Lipinski definition) is 6. The number of Topliss-reactive ketones (excluding diaryl/α,β-unsaturated/α-hetero) is 1. The highest BCUT2D eigenvalue weighted by Gasteiger charge is 2.65. The molecule has 3 aromatic rings. The number of fused-ring (bicyclic) bond motifs is 1. The number of ketones is 1. The molecule has 2 fully saturated rings. The number of hydrogen-bond acceptors (Lipinski definition) is 9. The number of amides is 1. The molecule has 2 unspecified atom stereocenters. The van der Waals surface area contributed by atoms with E-state index in [4.69, 9.17) is 10.2 Å². The Kier molecular flexibility index (Phi) is 9.40. The maximum absolute atomic E-state index is 13.2. The third-order valence-corrected chi connectivity index (χ3v) is 9.51. The zero-order valence-electron chi connectivity index (χ0n) is 25.7. The largest absolute Gasteiger partial charge is 0.507 e. The molecule has 1 aliphatic heterocycles. The lowest BCUT2D eigenvalue weighted by atomic mass is 9.49. The van der Waals surface area contributed by atoms with Crippen molar-refractivity contribution in [3.63, 3.8) is 0 Å². The molecule has 2 heterocycles. The molecular formula is C34H36N4O9. The number of aliphatic hydroxyl groups is 1. The van der Waals surface area contributed by atoms with Crippen LogP contribution in [0.2, 0.25) is 0 Å². The molecule has 2 aromatic carbocycles. The van der Waals surface area contributed by atoms with Crippen molar-refractivity contribution in [2.45, 2.75) is 55.6 Å². The van der Waals surface area contributed by atoms with Gasteiger partial charge in [0.15, 0.2) is 0 Å². The van der Waals surface area contributed by atoms with Gasteiger partial charge in [-0.2, -0.15) is 0 Å². The van der Waals surface area contributed by atoms with Crippen molar-refractivity contribution in [2.24, 2.45) is 0 Å². The average molecular weight is 645 g/mol. The lowest BCUT2D eigenvalue weighted by Gasteiger charge is -2.62. The summed E-state index contributed by atoms with van der Waals surface area (Å²) in [7, 11) is 2.00. The van der Waals surface area contributed by atoms with Gasteiger partial charge in [0.05, 0.1) is 11.2 Å². The second-order valence-corrected chi connectivity index (χ2v) is 12.2. The maximum Gasteiger partial charge on any atom is 0.344 e. The van der Waals surface area contributed by atoms with Gasteiger partial charge < -0.3 is 35.6 Å². The fraction of sp³-hybridized carbons (Fsp3) is 0.353. The fourth-order valence-corrected chi connectivity index (χ4v) is 7.23. The van der Waals surface area contributed by atoms with E-state index in [2.05, 4.69) is 20.2 Å². The van der Waals surface area contributed by atoms with Crippen LogP contribution in [0, 0.1) is 0 Å². The topological polar surface area (TPSA) is 210 Å². The summed E-state index contributed by atoms with van der Waals surface area (Å²) in [6, 6.07) is 11.2. The van der Waals surface area contributed by atoms with Crippen LogP contribution in [0.4, 0.5) is 0 Å². The molecule has 47 heavy (non-hydrogen) atoms. The number of aromatic amines is 1. The Morgan fingerprint density at radius 3 is 2.38 bits per heavy atom. The van der Waals surface area contributed by atoms with Crippen molar-refractivity contribution >= 4 is 23.6 Å². The molecule has 13 heteroatoms. The summed E-state index contributed by atoms with van der Waals surface area (Å²) in [5, 5.41) is 42.0. The van der Waals surface area contributed by atoms with Crippen LogP contribution < -0.4 is 11.0 Å². The van der Waals surface area contributed by atoms with Crippen molar-refractivity contribution in [2.75, 3.05) is 20.1 Å². The Morgan fingerprint density at radius 2 is 1.74 bits per heavy atom. The van der Waals surface area contributed by atoms with E-state index in [0.29, 0.717) is 62.9 Å². The normalized spacial score (nSPS) is 23.2. The number of likely N-dealkylation sites (tertiary alicyclic amines) is 1. The summed E-state index contributed by atoms with van der Waals surface area (Å²) < 4.78 is 0. The number of nitrogens with zero attached hydrogens (tertiary/aromatic N) is 2. The monoisotopic (exact) mass is 644 g/mol. The second kappa shape index (κ2) is 13.3. The average Bonchev–Trinajstić information content (AvgIpc) is 3.03. The number of piperidine rings is 1. The zero-order valence-corrected chi connectivity index (χ0v) is 25.7. The number of nitrogens with one attached hydrogen (secondary N) is 2. The van der Waals surface area contributed by atoms with E-state index in [1.54, 1.807) is 12.3 Å². The molecule has 6 N–H and O–H groups in total. The van der Waals surface area contributed by atoms with E-state index in [1.807, 2.05) is 37.4 Å². The SMILES string of the molecule is CN1CC[C@]23CC(=O)CCC2(O)C1Cc1ccc(C(=O)NCCc2ccc(-c4cnc(=O)[nH]c4)cc2)c(O)c13.O=C(O)/C=C\C(=O)O. The summed E-state index contributed by atoms with van der Waals surface area (Å²) in [6.07, 6.45) is 6.86. The van der Waals surface area contributed by atoms with Gasteiger partial charge in [0.1, 0.15) is 11.5 Å². The third-order valence-electron chi connectivity index (χ3n) is 9.51. The van der Waals surface area contributed by atoms with Crippen LogP contribution in [-0.4, -0.2) is 90.7 Å². The van der Waals surface area contributed by atoms with E-state index in [1.165, 1.54) is 6.20 Å². The van der Waals surface area contributed by atoms with Gasteiger partial charge >= 0.3 is 17.6 Å². The van der Waals surface area contributed by atoms with Crippen molar-refractivity contribution < 1.29 is 39.6 Å². The summed E-state index contributed by atoms with van der Waals surface area (Å²) in [5.41, 5.74) is 2.01. The van der Waals surface area contributed by atoms with Gasteiger partial charge in [-0.15, -0.1) is 0 Å². The Bertz CT molecular complexity index is 1770. The first-order valence-electron chi connectivity index (χ1n) is 15.2. The van der Waals surface area contributed by atoms with Crippen molar-refractivity contribution in [3.8, 4) is 16.9 Å². The minimum absolute atomic E-state index is 0.0907. The zero-order chi connectivity index (χ0) is 33.9. The number of benzene rings is 2. The molecular weight excluding hydrogens is 608 g/mol. The predicted molar refractivity (Wildman–Crippen MR) is 169 cm³/mol. The molecule has 2 aliphatic carbocycles. The number of H-pyrrole nitrogens is 1. The number of aliphatic carboxylic acids is 2. The summed E-state index contributed by atoms with van der Waals surface area (Å²) in [5.74, 6) is -2.92. The number of carbonyl (C=O) groups is 4. The first-order valence-corrected chi connectivity index (χ1v) is 15.2. The van der Waals surface area contributed by atoms with E-state index in [9.17, 15) is 34.2 Å². The van der Waals surface area contributed by atoms with E-state index in [-0.39, 0.29) is 35.5 Å². The van der Waals surface area contributed by atoms with Gasteiger partial charge in [-0.05, 0) is 62.0 Å². The highest BCUT2D eigenvalue weighted by atomic mass is 16.4. The van der Waals surface area contributed by atoms with Crippen LogP contribution in [0.1, 0.15) is 52.7 Å². The fourth-order valence-electron chi connectivity index (χ4n) is 7.23. The number of aromatic nitrogens is 2. The smallest absolute Gasteiger partial charge is 0.344 e. The molecule has 13 nitrogen and oxygen atoms in total. The van der Waals surface area contributed by atoms with E-state index in [0.717, 1.165) is 22.3 Å². The molecule has 6 rings (SSSR count). The van der Waals surface area contributed by atoms with Crippen molar-refractivity contribution in [1.82, 2.24) is 20.2 Å². The highest BCUT2D eigenvalue weighted by molar-refractivity contribution is 5.98. The molecule has 3 aliphatic rings. The van der Waals surface area contributed by atoms with Crippen molar-refractivity contribution in [1.29, 1.82) is 0 Å². The third kappa shape index (κ3) is 6.58. The summed E-state index contributed by atoms with van der Waals surface area (Å²) in [4.78, 5) is 64.6. The van der Waals surface area contributed by atoms with Crippen LogP contribution in [-0.2, 0) is 32.6 Å². The second-order valence-electron chi connectivity index (χ2n) is 12.2. The number of likely N-dealkylation sites (N-methyl/N-ethyl adjacent to an activating group) is 1. The number of carbonyl (C=O) groups excluding carboxylic acids is 2. The Morgan fingerprint density at radius 1 is 1.04 bits per heavy atom. The molecule has 1 saturated carbocycles. The Labute approximate surface area is 269 Å². The number of rotatable bonds is 7. The lowest BCUT2D eigenvalue weighted by molar-refractivity contribution is -0.169. The van der Waals surface area contributed by atoms with Crippen LogP contribution >= 0.6 is 0 Å². The van der Waals surface area contributed by atoms with Gasteiger partial charge in [-0.3, -0.25) is 9.59 Å². The molecule has 246 valence electrons. The molecule has 0 radical (unpaired) electrons. The quantitative estimate of drug-likeness (QED) is 0.204. The number of carboxylic acids is 2. The minimum Gasteiger partial charge on any atom is -0.507 e. The molecule has 0 spiro atoms. The maximum atomic E-state index is 13.2. The minimum atomic E-state index is -1.26. The molecule has 2 bridgehead atoms. The Balaban J connectivity index is 0.000000483. The van der Waals surface area contributed by atoms with Gasteiger partial charge in [-0.25, -0.2) is 19.4 Å². The van der Waals surface area contributed by atoms with Gasteiger partial charge in [0.25, 0.3) is 5.91 Å². The predicted octanol–water partition coefficient (Wildman–Crippen LogP) is 1.81. The van der Waals surface area contributed by atoms with Gasteiger partial charge in [-0.1, -0.05) is 30.3 Å². The summed E-state index contributed by atoms with van der Waals surface area (Å²) >= 11 is 0. The van der Waals surface area contributed by atoms with Crippen LogP contribution in [0.5, 0.6) is 5.75 Å². The highest BCUT2D eigenvalue weighted by Crippen LogP contribution is 2.59. The van der Waals surface area contributed by atoms with Crippen LogP contribution in [0.3, 0.4) is 0 Å². The Hall–Kier alpha value is -5.14. The van der Waals surface area contributed by atoms with Crippen molar-refractivity contribution in [3.05, 3.63) is 93.7 Å². The number of carboxylic acid groups (broad SMARTS) is 2. The van der Waals surface area contributed by atoms with E-state index >= 15 is 0 Å². The molecule has 3 atom stereocenters. The molecule has 1 amide bonds. The van der Waals surface area contributed by atoms with Gasteiger partial charge in [0.2, 0.25) is 0 Å². The number of phenolic OH excluding ortho intramolecular Hbond substituents is 1.